The van der Waals surface area contributed by atoms with Crippen LogP contribution >= 0.6 is 11.3 Å². The second kappa shape index (κ2) is 5.02. The lowest BCUT2D eigenvalue weighted by Crippen LogP contribution is -2.17. The SMILES string of the molecule is CC(C)(C)c1ccccc1C(=O)Cc1cncs1. The lowest BCUT2D eigenvalue weighted by atomic mass is 9.82. The minimum absolute atomic E-state index is 0.0139. The topological polar surface area (TPSA) is 30.0 Å². The molecule has 0 amide bonds. The van der Waals surface area contributed by atoms with E-state index in [0.717, 1.165) is 16.0 Å². The molecule has 1 aromatic heterocycles. The Morgan fingerprint density at radius 2 is 2.00 bits per heavy atom. The summed E-state index contributed by atoms with van der Waals surface area (Å²) in [7, 11) is 0. The Morgan fingerprint density at radius 3 is 2.61 bits per heavy atom. The molecule has 1 heterocycles. The van der Waals surface area contributed by atoms with Gasteiger partial charge in [-0.25, -0.2) is 0 Å². The van der Waals surface area contributed by atoms with Crippen LogP contribution in [0.4, 0.5) is 0 Å². The number of Topliss-reactive ketones (excluding diaryl/α,β-unsaturated/α-hetero) is 1. The van der Waals surface area contributed by atoms with Gasteiger partial charge < -0.3 is 0 Å². The van der Waals surface area contributed by atoms with Crippen molar-refractivity contribution < 1.29 is 4.79 Å². The Labute approximate surface area is 112 Å². The Morgan fingerprint density at radius 1 is 1.28 bits per heavy atom. The summed E-state index contributed by atoms with van der Waals surface area (Å²) >= 11 is 1.53. The van der Waals surface area contributed by atoms with Crippen molar-refractivity contribution in [2.24, 2.45) is 0 Å². The number of carbonyl (C=O) groups excluding carboxylic acids is 1. The van der Waals surface area contributed by atoms with Gasteiger partial charge in [-0.2, -0.15) is 0 Å². The number of hydrogen-bond acceptors (Lipinski definition) is 3. The van der Waals surface area contributed by atoms with Crippen molar-refractivity contribution in [3.63, 3.8) is 0 Å². The fourth-order valence-electron chi connectivity index (χ4n) is 1.96. The molecule has 0 aliphatic rings. The molecule has 2 aromatic rings. The van der Waals surface area contributed by atoms with Crippen molar-refractivity contribution in [2.75, 3.05) is 0 Å². The van der Waals surface area contributed by atoms with Gasteiger partial charge in [-0.3, -0.25) is 9.78 Å². The van der Waals surface area contributed by atoms with E-state index in [9.17, 15) is 4.79 Å². The molecule has 2 rings (SSSR count). The summed E-state index contributed by atoms with van der Waals surface area (Å²) in [6.07, 6.45) is 2.21. The van der Waals surface area contributed by atoms with Crippen molar-refractivity contribution in [3.05, 3.63) is 52.0 Å². The average molecular weight is 259 g/mol. The van der Waals surface area contributed by atoms with Gasteiger partial charge in [0.15, 0.2) is 5.78 Å². The first-order valence-electron chi connectivity index (χ1n) is 5.98. The van der Waals surface area contributed by atoms with Gasteiger partial charge in [0.05, 0.1) is 5.51 Å². The summed E-state index contributed by atoms with van der Waals surface area (Å²) in [6.45, 7) is 6.39. The minimum atomic E-state index is -0.0139. The highest BCUT2D eigenvalue weighted by Crippen LogP contribution is 2.26. The van der Waals surface area contributed by atoms with Crippen molar-refractivity contribution in [3.8, 4) is 0 Å². The van der Waals surface area contributed by atoms with Crippen LogP contribution < -0.4 is 0 Å². The van der Waals surface area contributed by atoms with Crippen LogP contribution in [0, 0.1) is 0 Å². The van der Waals surface area contributed by atoms with E-state index in [4.69, 9.17) is 0 Å². The van der Waals surface area contributed by atoms with Crippen molar-refractivity contribution in [2.45, 2.75) is 32.6 Å². The molecule has 0 spiro atoms. The molecule has 0 aliphatic carbocycles. The lowest BCUT2D eigenvalue weighted by molar-refractivity contribution is 0.0991. The first-order valence-corrected chi connectivity index (χ1v) is 6.86. The maximum atomic E-state index is 12.4. The molecule has 0 N–H and O–H groups in total. The van der Waals surface area contributed by atoms with Crippen LogP contribution in [0.1, 0.15) is 41.6 Å². The predicted octanol–water partition coefficient (Wildman–Crippen LogP) is 3.87. The zero-order valence-electron chi connectivity index (χ0n) is 10.9. The molecule has 0 unspecified atom stereocenters. The minimum Gasteiger partial charge on any atom is -0.294 e. The smallest absolute Gasteiger partial charge is 0.168 e. The molecule has 0 fully saturated rings. The van der Waals surface area contributed by atoms with Crippen molar-refractivity contribution >= 4 is 17.1 Å². The molecular formula is C15H17NOS. The van der Waals surface area contributed by atoms with Gasteiger partial charge in [0.1, 0.15) is 0 Å². The maximum absolute atomic E-state index is 12.4. The number of rotatable bonds is 3. The van der Waals surface area contributed by atoms with Gasteiger partial charge >= 0.3 is 0 Å². The van der Waals surface area contributed by atoms with Crippen LogP contribution in [0.3, 0.4) is 0 Å². The summed E-state index contributed by atoms with van der Waals surface area (Å²) in [5, 5.41) is 0. The van der Waals surface area contributed by atoms with E-state index in [1.165, 1.54) is 11.3 Å². The molecule has 0 saturated heterocycles. The number of ketones is 1. The third kappa shape index (κ3) is 2.85. The third-order valence-corrected chi connectivity index (χ3v) is 3.63. The summed E-state index contributed by atoms with van der Waals surface area (Å²) in [5.41, 5.74) is 3.69. The van der Waals surface area contributed by atoms with Gasteiger partial charge in [-0.05, 0) is 11.0 Å². The number of benzene rings is 1. The van der Waals surface area contributed by atoms with Crippen molar-refractivity contribution in [1.29, 1.82) is 0 Å². The standard InChI is InChI=1S/C15H17NOS/c1-15(2,3)13-7-5-4-6-12(13)14(17)8-11-9-16-10-18-11/h4-7,9-10H,8H2,1-3H3. The molecule has 0 saturated carbocycles. The molecule has 3 heteroatoms. The zero-order valence-corrected chi connectivity index (χ0v) is 11.8. The van der Waals surface area contributed by atoms with Crippen LogP contribution in [0.25, 0.3) is 0 Å². The van der Waals surface area contributed by atoms with Crippen LogP contribution in [0.15, 0.2) is 36.0 Å². The molecule has 18 heavy (non-hydrogen) atoms. The van der Waals surface area contributed by atoms with Gasteiger partial charge in [0.2, 0.25) is 0 Å². The van der Waals surface area contributed by atoms with Gasteiger partial charge in [0.25, 0.3) is 0 Å². The summed E-state index contributed by atoms with van der Waals surface area (Å²) in [6, 6.07) is 7.88. The largest absolute Gasteiger partial charge is 0.294 e. The molecule has 0 aliphatic heterocycles. The normalized spacial score (nSPS) is 11.5. The highest BCUT2D eigenvalue weighted by molar-refractivity contribution is 7.09. The van der Waals surface area contributed by atoms with Crippen LogP contribution in [-0.4, -0.2) is 10.8 Å². The second-order valence-electron chi connectivity index (χ2n) is 5.36. The van der Waals surface area contributed by atoms with E-state index >= 15 is 0 Å². The van der Waals surface area contributed by atoms with E-state index in [1.807, 2.05) is 24.3 Å². The highest BCUT2D eigenvalue weighted by atomic mass is 32.1. The number of carbonyl (C=O) groups is 1. The quantitative estimate of drug-likeness (QED) is 0.783. The van der Waals surface area contributed by atoms with Gasteiger partial charge in [0, 0.05) is 23.1 Å². The third-order valence-electron chi connectivity index (χ3n) is 2.85. The summed E-state index contributed by atoms with van der Waals surface area (Å²) < 4.78 is 0. The van der Waals surface area contributed by atoms with E-state index in [1.54, 1.807) is 11.7 Å². The molecule has 1 aromatic carbocycles. The molecule has 0 radical (unpaired) electrons. The first kappa shape index (κ1) is 13.0. The highest BCUT2D eigenvalue weighted by Gasteiger charge is 2.21. The number of aromatic nitrogens is 1. The molecule has 0 bridgehead atoms. The van der Waals surface area contributed by atoms with Crippen LogP contribution in [0.5, 0.6) is 0 Å². The van der Waals surface area contributed by atoms with E-state index < -0.39 is 0 Å². The fraction of sp³-hybridized carbons (Fsp3) is 0.333. The molecule has 0 atom stereocenters. The summed E-state index contributed by atoms with van der Waals surface area (Å²) in [5.74, 6) is 0.171. The lowest BCUT2D eigenvalue weighted by Gasteiger charge is -2.22. The molecule has 2 nitrogen and oxygen atoms in total. The Hall–Kier alpha value is -1.48. The Balaban J connectivity index is 2.31. The van der Waals surface area contributed by atoms with Crippen LogP contribution in [-0.2, 0) is 11.8 Å². The molecule has 94 valence electrons. The predicted molar refractivity (Wildman–Crippen MR) is 75.3 cm³/mol. The van der Waals surface area contributed by atoms with E-state index in [0.29, 0.717) is 6.42 Å². The number of thiazole rings is 1. The van der Waals surface area contributed by atoms with E-state index in [2.05, 4.69) is 25.8 Å². The second-order valence-corrected chi connectivity index (χ2v) is 6.33. The average Bonchev–Trinajstić information content (AvgIpc) is 2.80. The zero-order chi connectivity index (χ0) is 13.2. The Kier molecular flexibility index (Phi) is 3.62. The molecular weight excluding hydrogens is 242 g/mol. The van der Waals surface area contributed by atoms with E-state index in [-0.39, 0.29) is 11.2 Å². The first-order chi connectivity index (χ1) is 8.48. The van der Waals surface area contributed by atoms with Gasteiger partial charge in [-0.1, -0.05) is 45.0 Å². The fourth-order valence-corrected chi connectivity index (χ4v) is 2.56. The van der Waals surface area contributed by atoms with Crippen LogP contribution in [0.2, 0.25) is 0 Å². The van der Waals surface area contributed by atoms with Crippen molar-refractivity contribution in [1.82, 2.24) is 4.98 Å². The number of hydrogen-bond donors (Lipinski definition) is 0. The monoisotopic (exact) mass is 259 g/mol. The summed E-state index contributed by atoms with van der Waals surface area (Å²) in [4.78, 5) is 17.4. The maximum Gasteiger partial charge on any atom is 0.168 e. The Bertz CT molecular complexity index is 538. The number of nitrogens with zero attached hydrogens (tertiary/aromatic N) is 1. The van der Waals surface area contributed by atoms with Gasteiger partial charge in [-0.15, -0.1) is 11.3 Å².